The average Bonchev–Trinajstić information content (AvgIpc) is 4.12. The molecule has 4 aromatic heterocycles. The third-order valence-electron chi connectivity index (χ3n) is 13.1. The van der Waals surface area contributed by atoms with Crippen LogP contribution >= 0.6 is 28.7 Å². The topological polar surface area (TPSA) is 32.1 Å². The molecule has 8 heteroatoms. The second kappa shape index (κ2) is 17.4. The van der Waals surface area contributed by atoms with E-state index in [-0.39, 0.29) is 1.43 Å². The second-order valence-corrected chi connectivity index (χ2v) is 17.9. The maximum Gasteiger partial charge on any atom is 0.0548 e. The fraction of sp³-hybridized carbons (Fsp3) is 0. The molecule has 5 nitrogen and oxygen atoms in total. The van der Waals surface area contributed by atoms with Crippen molar-refractivity contribution >= 4 is 124 Å². The van der Waals surface area contributed by atoms with Gasteiger partial charge in [0, 0.05) is 71.7 Å². The first-order valence-electron chi connectivity index (χ1n) is 22.5. The van der Waals surface area contributed by atoms with E-state index in [1.165, 1.54) is 110 Å². The molecule has 0 atom stereocenters. The van der Waals surface area contributed by atoms with Crippen molar-refractivity contribution in [2.24, 2.45) is 4.30 Å². The number of hydrogen-bond acceptors (Lipinski definition) is 2. The van der Waals surface area contributed by atoms with Crippen LogP contribution in [0.2, 0.25) is 0 Å². The largest absolute Gasteiger partial charge is 0.309 e. The van der Waals surface area contributed by atoms with Crippen LogP contribution < -0.4 is 0 Å². The number of fused-ring (bicyclic) bond motifs is 14. The first-order chi connectivity index (χ1) is 33.6. The molecule has 0 aliphatic carbocycles. The molecule has 4 heterocycles. The number of para-hydroxylation sites is 7. The molecule has 14 aromatic rings. The zero-order valence-electron chi connectivity index (χ0n) is 36.7. The normalized spacial score (nSPS) is 11.4. The zero-order chi connectivity index (χ0) is 45.7. The van der Waals surface area contributed by atoms with Crippen molar-refractivity contribution < 1.29 is 1.43 Å². The first kappa shape index (κ1) is 41.5. The number of benzene rings is 10. The summed E-state index contributed by atoms with van der Waals surface area (Å²) in [4.78, 5) is 0. The predicted molar refractivity (Wildman–Crippen MR) is 297 cm³/mol. The molecule has 0 unspecified atom stereocenters. The standard InChI is InChI=1S/C30H19BrN2.C30H20N2.BHNS.H2/c31-20-15-16-26-24(19-20)30-28(33(26)22-11-5-2-6-12-22)18-17-27-29(30)23-13-7-8-14-25(23)32(27)21-9-3-1-4-10-21;1-3-11-21(12-4-1)31-25-17-9-7-15-23(25)29-27(31)19-20-28-30(29)24-16-8-10-18-26(24)32(28)22-13-5-2-6-14-22;1-2-3;/h1-19H;1-20H;3H;1H. The molecule has 0 aliphatic heterocycles. The predicted octanol–water partition coefficient (Wildman–Crippen LogP) is 17.0. The Hall–Kier alpha value is -7.91. The third kappa shape index (κ3) is 6.70. The molecule has 323 valence electrons. The summed E-state index contributed by atoms with van der Waals surface area (Å²) in [7, 11) is 4.34. The minimum Gasteiger partial charge on any atom is -0.309 e. The van der Waals surface area contributed by atoms with Gasteiger partial charge in [0.1, 0.15) is 0 Å². The Bertz CT molecular complexity index is 4050. The Morgan fingerprint density at radius 2 is 0.544 bits per heavy atom. The molecule has 0 saturated carbocycles. The van der Waals surface area contributed by atoms with Gasteiger partial charge in [-0.1, -0.05) is 143 Å². The van der Waals surface area contributed by atoms with Gasteiger partial charge in [-0.25, -0.2) is 0 Å². The van der Waals surface area contributed by atoms with Crippen LogP contribution in [0.1, 0.15) is 1.43 Å². The monoisotopic (exact) mass is 954 g/mol. The molecule has 0 N–H and O–H groups in total. The van der Waals surface area contributed by atoms with E-state index in [0.29, 0.717) is 0 Å². The van der Waals surface area contributed by atoms with Gasteiger partial charge >= 0.3 is 24.8 Å². The Morgan fingerprint density at radius 3 is 0.853 bits per heavy atom. The van der Waals surface area contributed by atoms with Crippen LogP contribution in [-0.2, 0) is 0 Å². The summed E-state index contributed by atoms with van der Waals surface area (Å²) >= 11 is 6.92. The van der Waals surface area contributed by atoms with Crippen LogP contribution in [0.4, 0.5) is 0 Å². The molecule has 14 rings (SSSR count). The van der Waals surface area contributed by atoms with Crippen LogP contribution in [-0.4, -0.2) is 25.9 Å². The van der Waals surface area contributed by atoms with Crippen LogP contribution in [0.3, 0.4) is 0 Å². The quantitative estimate of drug-likeness (QED) is 0.135. The fourth-order valence-electron chi connectivity index (χ4n) is 10.5. The Labute approximate surface area is 409 Å². The maximum absolute atomic E-state index is 4.34. The van der Waals surface area contributed by atoms with E-state index in [2.05, 4.69) is 296 Å². The molecule has 0 bridgehead atoms. The van der Waals surface area contributed by atoms with Crippen molar-refractivity contribution in [3.63, 3.8) is 0 Å². The number of hydrogen-bond donors (Lipinski definition) is 1. The molecule has 10 aromatic carbocycles. The minimum absolute atomic E-state index is 0. The summed E-state index contributed by atoms with van der Waals surface area (Å²) in [6.07, 6.45) is 0. The molecule has 0 aliphatic rings. The van der Waals surface area contributed by atoms with Crippen molar-refractivity contribution in [3.8, 4) is 22.7 Å². The number of halogens is 1. The third-order valence-corrected chi connectivity index (χ3v) is 13.5. The van der Waals surface area contributed by atoms with Crippen molar-refractivity contribution in [1.82, 2.24) is 18.3 Å². The average molecular weight is 956 g/mol. The van der Waals surface area contributed by atoms with Gasteiger partial charge in [-0.2, -0.15) is 0 Å². The van der Waals surface area contributed by atoms with Crippen molar-refractivity contribution in [2.75, 3.05) is 0 Å². The molecule has 68 heavy (non-hydrogen) atoms. The molecule has 0 saturated heterocycles. The Kier molecular flexibility index (Phi) is 10.6. The van der Waals surface area contributed by atoms with Gasteiger partial charge in [0.05, 0.1) is 44.1 Å². The molecular formula is C60H42BBrN5S. The number of rotatable bonds is 4. The second-order valence-electron chi connectivity index (χ2n) is 16.7. The summed E-state index contributed by atoms with van der Waals surface area (Å²) in [6.45, 7) is 0. The summed E-state index contributed by atoms with van der Waals surface area (Å²) in [5.74, 6) is 0. The van der Waals surface area contributed by atoms with E-state index in [4.69, 9.17) is 0 Å². The Balaban J connectivity index is 0.000000141. The van der Waals surface area contributed by atoms with Crippen molar-refractivity contribution in [2.45, 2.75) is 0 Å². The van der Waals surface area contributed by atoms with Gasteiger partial charge in [0.15, 0.2) is 0 Å². The SMILES string of the molecule is Brc1ccc2c(c1)c1c3c4ccccc4n(-c4ccccc4)c3ccc1n2-c1ccccc1.[B]=NS.[HH].c1ccc(-n2c3ccccc3c3c4c5ccccc5n(-c5ccccc5)c4ccc32)cc1. The minimum atomic E-state index is 0. The molecule has 0 amide bonds. The maximum atomic E-state index is 4.34. The van der Waals surface area contributed by atoms with E-state index < -0.39 is 0 Å². The van der Waals surface area contributed by atoms with Crippen LogP contribution in [0.25, 0.3) is 110 Å². The first-order valence-corrected chi connectivity index (χ1v) is 23.7. The van der Waals surface area contributed by atoms with Gasteiger partial charge in [-0.15, -0.1) is 0 Å². The summed E-state index contributed by atoms with van der Waals surface area (Å²) in [5, 5.41) is 10.3. The number of thiol groups is 1. The smallest absolute Gasteiger partial charge is 0.0548 e. The summed E-state index contributed by atoms with van der Waals surface area (Å²) in [6, 6.07) is 84.5. The number of aromatic nitrogens is 4. The molecule has 1 radical (unpaired) electrons. The van der Waals surface area contributed by atoms with Gasteiger partial charge in [0.25, 0.3) is 0 Å². The van der Waals surface area contributed by atoms with Crippen LogP contribution in [0, 0.1) is 0 Å². The van der Waals surface area contributed by atoms with Gasteiger partial charge in [-0.3, -0.25) is 0 Å². The molecule has 0 fully saturated rings. The summed E-state index contributed by atoms with van der Waals surface area (Å²) in [5.41, 5.74) is 14.5. The van der Waals surface area contributed by atoms with E-state index in [0.717, 1.165) is 4.47 Å². The van der Waals surface area contributed by atoms with Gasteiger partial charge in [-0.05, 0) is 109 Å². The summed E-state index contributed by atoms with van der Waals surface area (Å²) < 4.78 is 13.3. The van der Waals surface area contributed by atoms with Gasteiger partial charge in [0.2, 0.25) is 0 Å². The Morgan fingerprint density at radius 1 is 0.309 bits per heavy atom. The zero-order valence-corrected chi connectivity index (χ0v) is 39.1. The number of nitrogens with zero attached hydrogens (tertiary/aromatic N) is 5. The van der Waals surface area contributed by atoms with E-state index in [1.54, 1.807) is 0 Å². The van der Waals surface area contributed by atoms with Crippen molar-refractivity contribution in [3.05, 3.63) is 241 Å². The van der Waals surface area contributed by atoms with Gasteiger partial charge < -0.3 is 18.3 Å². The van der Waals surface area contributed by atoms with E-state index >= 15 is 0 Å². The fourth-order valence-corrected chi connectivity index (χ4v) is 10.8. The van der Waals surface area contributed by atoms with Crippen molar-refractivity contribution in [1.29, 1.82) is 0 Å². The van der Waals surface area contributed by atoms with Crippen LogP contribution in [0.15, 0.2) is 245 Å². The van der Waals surface area contributed by atoms with E-state index in [9.17, 15) is 0 Å². The molecule has 0 spiro atoms. The molecular weight excluding hydrogens is 913 g/mol. The van der Waals surface area contributed by atoms with E-state index in [1.807, 2.05) is 0 Å². The van der Waals surface area contributed by atoms with Crippen LogP contribution in [0.5, 0.6) is 0 Å².